The Morgan fingerprint density at radius 2 is 1.72 bits per heavy atom. The topological polar surface area (TPSA) is 77.4 Å². The lowest BCUT2D eigenvalue weighted by atomic mass is 9.94. The Labute approximate surface area is 220 Å². The fraction of sp³-hybridized carbons (Fsp3) is 0.296. The van der Waals surface area contributed by atoms with E-state index in [9.17, 15) is 13.2 Å². The summed E-state index contributed by atoms with van der Waals surface area (Å²) in [6.45, 7) is 8.30. The van der Waals surface area contributed by atoms with Crippen LogP contribution in [0.15, 0.2) is 64.3 Å². The van der Waals surface area contributed by atoms with E-state index in [1.807, 2.05) is 38.1 Å². The molecule has 0 aliphatic rings. The van der Waals surface area contributed by atoms with Crippen molar-refractivity contribution in [2.24, 2.45) is 0 Å². The third-order valence-electron chi connectivity index (χ3n) is 6.24. The van der Waals surface area contributed by atoms with Crippen LogP contribution in [0.3, 0.4) is 0 Å². The Morgan fingerprint density at radius 1 is 1.03 bits per heavy atom. The molecule has 1 heterocycles. The van der Waals surface area contributed by atoms with Gasteiger partial charge in [-0.25, -0.2) is 13.1 Å². The predicted molar refractivity (Wildman–Crippen MR) is 147 cm³/mol. The van der Waals surface area contributed by atoms with E-state index in [1.165, 1.54) is 0 Å². The molecular weight excluding hydrogens is 516 g/mol. The molecule has 0 bridgehead atoms. The monoisotopic (exact) mass is 544 g/mol. The molecule has 36 heavy (non-hydrogen) atoms. The molecule has 1 aromatic heterocycles. The quantitative estimate of drug-likeness (QED) is 0.284. The number of hydrogen-bond acceptors (Lipinski definition) is 5. The van der Waals surface area contributed by atoms with Crippen LogP contribution in [0.25, 0.3) is 10.2 Å². The highest BCUT2D eigenvalue weighted by atomic mass is 35.5. The first kappa shape index (κ1) is 26.4. The van der Waals surface area contributed by atoms with Crippen molar-refractivity contribution in [1.82, 2.24) is 9.29 Å². The smallest absolute Gasteiger partial charge is 0.308 e. The summed E-state index contributed by atoms with van der Waals surface area (Å²) in [5, 5.41) is 0.628. The van der Waals surface area contributed by atoms with E-state index in [1.54, 1.807) is 42.0 Å². The number of aromatic nitrogens is 1. The van der Waals surface area contributed by atoms with Gasteiger partial charge in [0.2, 0.25) is 10.0 Å². The summed E-state index contributed by atoms with van der Waals surface area (Å²) in [6.07, 6.45) is 0. The van der Waals surface area contributed by atoms with Gasteiger partial charge in [0.05, 0.1) is 28.8 Å². The molecule has 0 aliphatic heterocycles. The lowest BCUT2D eigenvalue weighted by molar-refractivity contribution is 0.406. The van der Waals surface area contributed by atoms with Gasteiger partial charge in [-0.2, -0.15) is 0 Å². The molecule has 0 fully saturated rings. The number of sulfonamides is 1. The Morgan fingerprint density at radius 3 is 2.36 bits per heavy atom. The lowest BCUT2D eigenvalue weighted by Gasteiger charge is -2.21. The van der Waals surface area contributed by atoms with Gasteiger partial charge in [-0.1, -0.05) is 48.9 Å². The highest BCUT2D eigenvalue weighted by Gasteiger charge is 2.22. The molecular formula is C27H29ClN2O4S2. The van der Waals surface area contributed by atoms with Crippen molar-refractivity contribution < 1.29 is 13.2 Å². The highest BCUT2D eigenvalue weighted by molar-refractivity contribution is 7.89. The number of hydrogen-bond donors (Lipinski definition) is 1. The molecule has 0 unspecified atom stereocenters. The van der Waals surface area contributed by atoms with Crippen LogP contribution >= 0.6 is 22.9 Å². The average Bonchev–Trinajstić information content (AvgIpc) is 3.13. The molecule has 0 amide bonds. The summed E-state index contributed by atoms with van der Waals surface area (Å²) >= 11 is 7.00. The van der Waals surface area contributed by atoms with Crippen molar-refractivity contribution in [1.29, 1.82) is 0 Å². The van der Waals surface area contributed by atoms with Gasteiger partial charge in [-0.15, -0.1) is 0 Å². The number of fused-ring (bicyclic) bond motifs is 1. The number of benzene rings is 3. The van der Waals surface area contributed by atoms with E-state index in [0.29, 0.717) is 21.8 Å². The second-order valence-corrected chi connectivity index (χ2v) is 12.3. The fourth-order valence-corrected chi connectivity index (χ4v) is 6.69. The number of ether oxygens (including phenoxy) is 1. The first-order chi connectivity index (χ1) is 17.0. The van der Waals surface area contributed by atoms with E-state index in [4.69, 9.17) is 16.3 Å². The number of nitrogens with zero attached hydrogens (tertiary/aromatic N) is 1. The predicted octanol–water partition coefficient (Wildman–Crippen LogP) is 6.24. The molecule has 190 valence electrons. The molecule has 4 rings (SSSR count). The van der Waals surface area contributed by atoms with Crippen LogP contribution in [0.5, 0.6) is 5.75 Å². The maximum absolute atomic E-state index is 13.3. The second kappa shape index (κ2) is 10.4. The van der Waals surface area contributed by atoms with Gasteiger partial charge >= 0.3 is 4.87 Å². The Kier molecular flexibility index (Phi) is 7.61. The van der Waals surface area contributed by atoms with Crippen molar-refractivity contribution in [2.45, 2.75) is 51.1 Å². The number of rotatable bonds is 8. The third kappa shape index (κ3) is 5.37. The molecule has 4 aromatic rings. The number of halogens is 1. The van der Waals surface area contributed by atoms with E-state index >= 15 is 0 Å². The number of methoxy groups -OCH3 is 1. The largest absolute Gasteiger partial charge is 0.496 e. The van der Waals surface area contributed by atoms with Gasteiger partial charge in [0.1, 0.15) is 5.75 Å². The van der Waals surface area contributed by atoms with Crippen LogP contribution in [0, 0.1) is 6.92 Å². The fourth-order valence-electron chi connectivity index (χ4n) is 4.31. The zero-order chi connectivity index (χ0) is 26.2. The van der Waals surface area contributed by atoms with Gasteiger partial charge in [-0.05, 0) is 84.5 Å². The van der Waals surface area contributed by atoms with Gasteiger partial charge in [0.25, 0.3) is 0 Å². The Hall–Kier alpha value is -2.65. The molecule has 1 N–H and O–H groups in total. The summed E-state index contributed by atoms with van der Waals surface area (Å²) < 4.78 is 37.2. The Balaban J connectivity index is 1.63. The molecule has 0 saturated heterocycles. The SMILES string of the molecule is COc1cc(C)c([C@@H](C)NS(=O)(=O)c2ccc3c(c2)sc(=O)n3Cc2ccc(Cl)cc2)cc1C(C)C. The lowest BCUT2D eigenvalue weighted by Crippen LogP contribution is -2.27. The minimum Gasteiger partial charge on any atom is -0.496 e. The normalized spacial score (nSPS) is 12.9. The molecule has 6 nitrogen and oxygen atoms in total. The summed E-state index contributed by atoms with van der Waals surface area (Å²) in [6, 6.07) is 15.6. The average molecular weight is 545 g/mol. The van der Waals surface area contributed by atoms with Crippen LogP contribution < -0.4 is 14.3 Å². The standard InChI is InChI=1S/C27H29ClN2O4S2/c1-16(2)22-14-23(17(3)12-25(22)34-5)18(4)29-36(32,33)21-10-11-24-26(13-21)35-27(31)30(24)15-19-6-8-20(28)9-7-19/h6-14,16,18,29H,15H2,1-5H3/t18-/m1/s1. The van der Waals surface area contributed by atoms with E-state index in [0.717, 1.165) is 39.3 Å². The van der Waals surface area contributed by atoms with E-state index in [2.05, 4.69) is 18.6 Å². The van der Waals surface area contributed by atoms with Crippen molar-refractivity contribution in [3.05, 3.63) is 91.5 Å². The van der Waals surface area contributed by atoms with Crippen molar-refractivity contribution >= 4 is 43.2 Å². The second-order valence-electron chi connectivity index (χ2n) is 9.16. The number of thiazole rings is 1. The van der Waals surface area contributed by atoms with Crippen LogP contribution in [-0.2, 0) is 16.6 Å². The van der Waals surface area contributed by atoms with Gasteiger partial charge in [-0.3, -0.25) is 9.36 Å². The zero-order valence-electron chi connectivity index (χ0n) is 20.8. The molecule has 3 aromatic carbocycles. The van der Waals surface area contributed by atoms with E-state index in [-0.39, 0.29) is 15.7 Å². The number of nitrogens with one attached hydrogen (secondary N) is 1. The molecule has 0 spiro atoms. The van der Waals surface area contributed by atoms with Crippen LogP contribution in [0.4, 0.5) is 0 Å². The van der Waals surface area contributed by atoms with Crippen molar-refractivity contribution in [3.63, 3.8) is 0 Å². The van der Waals surface area contributed by atoms with E-state index < -0.39 is 16.1 Å². The van der Waals surface area contributed by atoms with Crippen LogP contribution in [-0.4, -0.2) is 20.1 Å². The highest BCUT2D eigenvalue weighted by Crippen LogP contribution is 2.33. The maximum atomic E-state index is 13.3. The van der Waals surface area contributed by atoms with Crippen LogP contribution in [0.1, 0.15) is 55.0 Å². The third-order valence-corrected chi connectivity index (χ3v) is 8.98. The summed E-state index contributed by atoms with van der Waals surface area (Å²) in [5.74, 6) is 1.02. The van der Waals surface area contributed by atoms with Crippen molar-refractivity contribution in [3.8, 4) is 5.75 Å². The van der Waals surface area contributed by atoms with Gasteiger partial charge in [0.15, 0.2) is 0 Å². The zero-order valence-corrected chi connectivity index (χ0v) is 23.2. The maximum Gasteiger partial charge on any atom is 0.308 e. The minimum atomic E-state index is -3.83. The Bertz CT molecular complexity index is 1570. The first-order valence-corrected chi connectivity index (χ1v) is 14.3. The summed E-state index contributed by atoms with van der Waals surface area (Å²) in [7, 11) is -2.19. The summed E-state index contributed by atoms with van der Waals surface area (Å²) in [5.41, 5.74) is 4.49. The van der Waals surface area contributed by atoms with Gasteiger partial charge < -0.3 is 4.74 Å². The first-order valence-electron chi connectivity index (χ1n) is 11.6. The molecule has 1 atom stereocenters. The summed E-state index contributed by atoms with van der Waals surface area (Å²) in [4.78, 5) is 12.7. The minimum absolute atomic E-state index is 0.122. The van der Waals surface area contributed by atoms with Crippen molar-refractivity contribution in [2.75, 3.05) is 7.11 Å². The number of aryl methyl sites for hydroxylation is 1. The molecule has 0 aliphatic carbocycles. The van der Waals surface area contributed by atoms with Gasteiger partial charge in [0, 0.05) is 11.1 Å². The molecule has 9 heteroatoms. The molecule has 0 saturated carbocycles. The molecule has 0 radical (unpaired) electrons. The van der Waals surface area contributed by atoms with Crippen LogP contribution in [0.2, 0.25) is 5.02 Å².